The van der Waals surface area contributed by atoms with E-state index < -0.39 is 16.1 Å². The normalized spacial score (nSPS) is 13.7. The Hall–Kier alpha value is -1.67. The van der Waals surface area contributed by atoms with Crippen molar-refractivity contribution in [1.29, 1.82) is 0 Å². The van der Waals surface area contributed by atoms with Crippen molar-refractivity contribution in [3.05, 3.63) is 29.9 Å². The maximum Gasteiger partial charge on any atom is 0.258 e. The van der Waals surface area contributed by atoms with E-state index in [9.17, 15) is 8.42 Å². The third kappa shape index (κ3) is 2.59. The molecule has 0 aliphatic heterocycles. The van der Waals surface area contributed by atoms with Crippen LogP contribution in [0.15, 0.2) is 21.8 Å². The number of aromatic nitrogens is 3. The summed E-state index contributed by atoms with van der Waals surface area (Å²) in [4.78, 5) is 10.5. The summed E-state index contributed by atoms with van der Waals surface area (Å²) in [6, 6.07) is -0.549. The van der Waals surface area contributed by atoms with Gasteiger partial charge in [-0.1, -0.05) is 0 Å². The summed E-state index contributed by atoms with van der Waals surface area (Å²) >= 11 is 0. The molecule has 2 N–H and O–H groups in total. The second-order valence-electron chi connectivity index (χ2n) is 3.98. The number of aryl methyl sites for hydroxylation is 2. The molecule has 2 aromatic rings. The number of oxazole rings is 1. The zero-order valence-corrected chi connectivity index (χ0v) is 11.1. The highest BCUT2D eigenvalue weighted by Crippen LogP contribution is 2.15. The number of hydrogen-bond acceptors (Lipinski definition) is 5. The average Bonchev–Trinajstić information content (AvgIpc) is 2.86. The van der Waals surface area contributed by atoms with Crippen LogP contribution in [0.1, 0.15) is 30.4 Å². The van der Waals surface area contributed by atoms with Crippen molar-refractivity contribution >= 4 is 10.0 Å². The summed E-state index contributed by atoms with van der Waals surface area (Å²) in [5.41, 5.74) is 0. The molecule has 8 heteroatoms. The van der Waals surface area contributed by atoms with Gasteiger partial charge in [-0.15, -0.1) is 0 Å². The van der Waals surface area contributed by atoms with Crippen molar-refractivity contribution in [3.63, 3.8) is 0 Å². The van der Waals surface area contributed by atoms with Crippen LogP contribution in [0.4, 0.5) is 0 Å². The molecule has 0 aromatic carbocycles. The fourth-order valence-electron chi connectivity index (χ4n) is 1.45. The minimum Gasteiger partial charge on any atom is -0.444 e. The molecule has 2 heterocycles. The Morgan fingerprint density at radius 2 is 2.06 bits per heavy atom. The van der Waals surface area contributed by atoms with Crippen LogP contribution in [0.25, 0.3) is 0 Å². The van der Waals surface area contributed by atoms with Gasteiger partial charge in [0.1, 0.15) is 11.6 Å². The third-order valence-electron chi connectivity index (χ3n) is 2.31. The van der Waals surface area contributed by atoms with Gasteiger partial charge in [-0.25, -0.2) is 18.4 Å². The number of H-pyrrole nitrogens is 1. The van der Waals surface area contributed by atoms with Crippen molar-refractivity contribution in [1.82, 2.24) is 19.7 Å². The first-order valence-electron chi connectivity index (χ1n) is 5.35. The molecule has 0 amide bonds. The van der Waals surface area contributed by atoms with Crippen molar-refractivity contribution < 1.29 is 12.8 Å². The van der Waals surface area contributed by atoms with E-state index >= 15 is 0 Å². The monoisotopic (exact) mass is 270 g/mol. The summed E-state index contributed by atoms with van der Waals surface area (Å²) in [5.74, 6) is 1.50. The van der Waals surface area contributed by atoms with Gasteiger partial charge in [0.25, 0.3) is 10.0 Å². The SMILES string of the molecule is Cc1ncc(S(=O)(=O)NC(C)c2ncc(C)o2)[nH]1. The van der Waals surface area contributed by atoms with Crippen molar-refractivity contribution in [3.8, 4) is 0 Å². The molecule has 2 rings (SSSR count). The first-order chi connectivity index (χ1) is 8.38. The minimum absolute atomic E-state index is 0.0233. The number of sulfonamides is 1. The van der Waals surface area contributed by atoms with E-state index in [-0.39, 0.29) is 5.03 Å². The predicted octanol–water partition coefficient (Wildman–Crippen LogP) is 1.05. The topological polar surface area (TPSA) is 101 Å². The molecule has 0 bridgehead atoms. The van der Waals surface area contributed by atoms with E-state index in [0.29, 0.717) is 17.5 Å². The van der Waals surface area contributed by atoms with E-state index in [1.165, 1.54) is 6.20 Å². The van der Waals surface area contributed by atoms with E-state index in [0.717, 1.165) is 0 Å². The number of nitrogens with one attached hydrogen (secondary N) is 2. The molecule has 0 fully saturated rings. The number of imidazole rings is 1. The molecular weight excluding hydrogens is 256 g/mol. The molecule has 18 heavy (non-hydrogen) atoms. The molecule has 0 aliphatic carbocycles. The third-order valence-corrected chi connectivity index (χ3v) is 3.76. The Morgan fingerprint density at radius 3 is 2.56 bits per heavy atom. The largest absolute Gasteiger partial charge is 0.444 e. The van der Waals surface area contributed by atoms with Crippen LogP contribution in [0.5, 0.6) is 0 Å². The van der Waals surface area contributed by atoms with E-state index in [1.807, 2.05) is 0 Å². The van der Waals surface area contributed by atoms with Crippen LogP contribution < -0.4 is 4.72 Å². The molecular formula is C10H14N4O3S. The predicted molar refractivity (Wildman–Crippen MR) is 63.3 cm³/mol. The Labute approximate surface area is 105 Å². The fourth-order valence-corrected chi connectivity index (χ4v) is 2.62. The fraction of sp³-hybridized carbons (Fsp3) is 0.400. The van der Waals surface area contributed by atoms with Gasteiger partial charge in [-0.3, -0.25) is 0 Å². The highest BCUT2D eigenvalue weighted by Gasteiger charge is 2.22. The molecule has 1 unspecified atom stereocenters. The van der Waals surface area contributed by atoms with Gasteiger partial charge >= 0.3 is 0 Å². The zero-order chi connectivity index (χ0) is 13.3. The summed E-state index contributed by atoms with van der Waals surface area (Å²) in [5, 5.41) is 0.0233. The zero-order valence-electron chi connectivity index (χ0n) is 10.3. The minimum atomic E-state index is -3.65. The molecule has 98 valence electrons. The first-order valence-corrected chi connectivity index (χ1v) is 6.83. The van der Waals surface area contributed by atoms with Crippen LogP contribution in [0.3, 0.4) is 0 Å². The standard InChI is InChI=1S/C10H14N4O3S/c1-6-4-12-10(17-6)7(2)14-18(15,16)9-5-11-8(3)13-9/h4-5,7,14H,1-3H3,(H,11,13). The van der Waals surface area contributed by atoms with Gasteiger partial charge in [0, 0.05) is 0 Å². The molecule has 0 saturated heterocycles. The van der Waals surface area contributed by atoms with Crippen molar-refractivity contribution in [2.24, 2.45) is 0 Å². The van der Waals surface area contributed by atoms with E-state index in [4.69, 9.17) is 4.42 Å². The lowest BCUT2D eigenvalue weighted by Gasteiger charge is -2.09. The summed E-state index contributed by atoms with van der Waals surface area (Å²) in [6.45, 7) is 5.09. The maximum atomic E-state index is 12.0. The second-order valence-corrected chi connectivity index (χ2v) is 5.67. The van der Waals surface area contributed by atoms with Crippen LogP contribution in [0.2, 0.25) is 0 Å². The van der Waals surface area contributed by atoms with E-state index in [2.05, 4.69) is 19.7 Å². The van der Waals surface area contributed by atoms with Crippen LogP contribution in [0, 0.1) is 13.8 Å². The van der Waals surface area contributed by atoms with Crippen LogP contribution >= 0.6 is 0 Å². The lowest BCUT2D eigenvalue weighted by Crippen LogP contribution is -2.27. The van der Waals surface area contributed by atoms with Gasteiger partial charge in [0.15, 0.2) is 5.03 Å². The number of nitrogens with zero attached hydrogens (tertiary/aromatic N) is 2. The maximum absolute atomic E-state index is 12.0. The first kappa shape index (κ1) is 12.8. The lowest BCUT2D eigenvalue weighted by molar-refractivity contribution is 0.427. The van der Waals surface area contributed by atoms with Crippen molar-refractivity contribution in [2.75, 3.05) is 0 Å². The highest BCUT2D eigenvalue weighted by atomic mass is 32.2. The number of aromatic amines is 1. The summed E-state index contributed by atoms with van der Waals surface area (Å²) in [6.07, 6.45) is 2.81. The Balaban J connectivity index is 2.18. The quantitative estimate of drug-likeness (QED) is 0.864. The molecule has 1 atom stereocenters. The molecule has 0 spiro atoms. The summed E-state index contributed by atoms with van der Waals surface area (Å²) < 4.78 is 31.7. The van der Waals surface area contributed by atoms with Gasteiger partial charge in [0.2, 0.25) is 5.89 Å². The highest BCUT2D eigenvalue weighted by molar-refractivity contribution is 7.89. The van der Waals surface area contributed by atoms with Crippen LogP contribution in [-0.2, 0) is 10.0 Å². The Kier molecular flexibility index (Phi) is 3.22. The lowest BCUT2D eigenvalue weighted by atomic mass is 10.4. The van der Waals surface area contributed by atoms with Gasteiger partial charge in [-0.2, -0.15) is 4.72 Å². The van der Waals surface area contributed by atoms with Gasteiger partial charge in [-0.05, 0) is 20.8 Å². The van der Waals surface area contributed by atoms with Gasteiger partial charge in [0.05, 0.1) is 18.4 Å². The molecule has 0 saturated carbocycles. The Bertz CT molecular complexity index is 644. The van der Waals surface area contributed by atoms with Crippen molar-refractivity contribution in [2.45, 2.75) is 31.8 Å². The van der Waals surface area contributed by atoms with E-state index in [1.54, 1.807) is 27.0 Å². The van der Waals surface area contributed by atoms with Crippen LogP contribution in [-0.4, -0.2) is 23.4 Å². The van der Waals surface area contributed by atoms with Gasteiger partial charge < -0.3 is 9.40 Å². The molecule has 2 aromatic heterocycles. The Morgan fingerprint density at radius 1 is 1.33 bits per heavy atom. The smallest absolute Gasteiger partial charge is 0.258 e. The second kappa shape index (κ2) is 4.54. The molecule has 0 aliphatic rings. The molecule has 7 nitrogen and oxygen atoms in total. The molecule has 0 radical (unpaired) electrons. The summed E-state index contributed by atoms with van der Waals surface area (Å²) in [7, 11) is -3.65. The number of rotatable bonds is 4. The average molecular weight is 270 g/mol. The number of hydrogen-bond donors (Lipinski definition) is 2.